The predicted molar refractivity (Wildman–Crippen MR) is 131 cm³/mol. The third-order valence-corrected chi connectivity index (χ3v) is 6.81. The van der Waals surface area contributed by atoms with Crippen LogP contribution in [-0.2, 0) is 28.6 Å². The number of carbonyl (C=O) groups is 3. The third kappa shape index (κ3) is 7.52. The lowest BCUT2D eigenvalue weighted by Gasteiger charge is -2.29. The largest absolute Gasteiger partial charge is 0.451 e. The van der Waals surface area contributed by atoms with Crippen molar-refractivity contribution >= 4 is 41.1 Å². The fourth-order valence-corrected chi connectivity index (χ4v) is 4.88. The Morgan fingerprint density at radius 3 is 2.83 bits per heavy atom. The Morgan fingerprint density at radius 2 is 2.09 bits per heavy atom. The molecule has 190 valence electrons. The van der Waals surface area contributed by atoms with E-state index in [-0.39, 0.29) is 30.5 Å². The van der Waals surface area contributed by atoms with E-state index in [4.69, 9.17) is 25.8 Å². The van der Waals surface area contributed by atoms with E-state index in [1.165, 1.54) is 6.92 Å². The van der Waals surface area contributed by atoms with Gasteiger partial charge in [0, 0.05) is 12.2 Å². The van der Waals surface area contributed by atoms with E-state index >= 15 is 0 Å². The molecule has 0 bridgehead atoms. The Labute approximate surface area is 213 Å². The van der Waals surface area contributed by atoms with Crippen molar-refractivity contribution < 1.29 is 28.6 Å². The number of esters is 2. The summed E-state index contributed by atoms with van der Waals surface area (Å²) in [5, 5.41) is 7.88. The van der Waals surface area contributed by atoms with E-state index in [2.05, 4.69) is 22.1 Å². The van der Waals surface area contributed by atoms with E-state index in [1.807, 2.05) is 19.1 Å². The Balaban J connectivity index is 1.64. The van der Waals surface area contributed by atoms with Crippen molar-refractivity contribution in [2.75, 3.05) is 19.0 Å². The van der Waals surface area contributed by atoms with Crippen molar-refractivity contribution in [2.24, 2.45) is 5.92 Å². The molecule has 0 spiro atoms. The lowest BCUT2D eigenvalue weighted by atomic mass is 9.87. The number of hydrogen-bond acceptors (Lipinski definition) is 9. The van der Waals surface area contributed by atoms with Gasteiger partial charge in [0.15, 0.2) is 22.4 Å². The van der Waals surface area contributed by atoms with Crippen LogP contribution >= 0.6 is 23.4 Å². The highest BCUT2D eigenvalue weighted by atomic mass is 35.5. The molecule has 1 aromatic carbocycles. The standard InChI is InChI=1S/C24H30ClN3O6S/c1-4-5-10-32-13-16-11-15(2)12-24(3,34-22(31)21(30)33-16)19(29)14-35-23-26-20(27-28-23)17-8-6-7-9-18(17)25/h6-9,15-16H,4-5,10-14H2,1-3H3,(H,26,27,28)/t15-,16-,24-/m0/s1. The van der Waals surface area contributed by atoms with E-state index in [0.29, 0.717) is 34.6 Å². The fraction of sp³-hybridized carbons (Fsp3) is 0.542. The molecule has 1 fully saturated rings. The van der Waals surface area contributed by atoms with Crippen molar-refractivity contribution in [1.82, 2.24) is 15.2 Å². The van der Waals surface area contributed by atoms with Gasteiger partial charge in [0.25, 0.3) is 0 Å². The Bertz CT molecular complexity index is 1050. The molecule has 11 heteroatoms. The van der Waals surface area contributed by atoms with E-state index in [0.717, 1.165) is 24.6 Å². The number of nitrogens with one attached hydrogen (secondary N) is 1. The second-order valence-electron chi connectivity index (χ2n) is 8.78. The van der Waals surface area contributed by atoms with Crippen molar-refractivity contribution in [2.45, 2.75) is 63.3 Å². The molecular formula is C24H30ClN3O6S. The van der Waals surface area contributed by atoms with Crippen molar-refractivity contribution in [3.63, 3.8) is 0 Å². The van der Waals surface area contributed by atoms with E-state index in [9.17, 15) is 14.4 Å². The minimum absolute atomic E-state index is 0.0355. The van der Waals surface area contributed by atoms with Gasteiger partial charge in [-0.25, -0.2) is 14.6 Å². The molecule has 0 aliphatic carbocycles. The van der Waals surface area contributed by atoms with E-state index in [1.54, 1.807) is 12.1 Å². The number of halogens is 1. The van der Waals surface area contributed by atoms with Crippen LogP contribution in [0.2, 0.25) is 5.02 Å². The highest BCUT2D eigenvalue weighted by Gasteiger charge is 2.42. The number of nitrogens with zero attached hydrogens (tertiary/aromatic N) is 2. The Hall–Kier alpha value is -2.43. The average molecular weight is 524 g/mol. The second kappa shape index (κ2) is 12.5. The number of unbranched alkanes of at least 4 members (excludes halogenated alkanes) is 1. The number of carbonyl (C=O) groups excluding carboxylic acids is 3. The Morgan fingerprint density at radius 1 is 1.31 bits per heavy atom. The maximum atomic E-state index is 13.2. The number of ketones is 1. The van der Waals surface area contributed by atoms with Gasteiger partial charge >= 0.3 is 11.9 Å². The number of hydrogen-bond donors (Lipinski definition) is 1. The lowest BCUT2D eigenvalue weighted by Crippen LogP contribution is -2.44. The Kier molecular flexibility index (Phi) is 9.71. The summed E-state index contributed by atoms with van der Waals surface area (Å²) in [6.07, 6.45) is 2.01. The molecule has 3 rings (SSSR count). The van der Waals surface area contributed by atoms with E-state index < -0.39 is 23.6 Å². The summed E-state index contributed by atoms with van der Waals surface area (Å²) in [5.41, 5.74) is -0.812. The first kappa shape index (κ1) is 27.2. The molecule has 1 aliphatic rings. The number of cyclic esters (lactones) is 2. The first-order valence-electron chi connectivity index (χ1n) is 11.6. The summed E-state index contributed by atoms with van der Waals surface area (Å²) in [4.78, 5) is 42.2. The smallest absolute Gasteiger partial charge is 0.418 e. The van der Waals surface area contributed by atoms with Gasteiger partial charge in [0.1, 0.15) is 6.10 Å². The number of ether oxygens (including phenoxy) is 3. The van der Waals surface area contributed by atoms with Gasteiger partial charge in [-0.15, -0.1) is 0 Å². The van der Waals surface area contributed by atoms with Gasteiger partial charge < -0.3 is 14.2 Å². The maximum Gasteiger partial charge on any atom is 0.418 e. The minimum Gasteiger partial charge on any atom is -0.451 e. The number of H-pyrrole nitrogens is 1. The molecule has 1 saturated heterocycles. The van der Waals surface area contributed by atoms with Crippen molar-refractivity contribution in [3.05, 3.63) is 29.3 Å². The first-order valence-corrected chi connectivity index (χ1v) is 12.9. The number of aromatic amines is 1. The van der Waals surface area contributed by atoms with Crippen molar-refractivity contribution in [3.8, 4) is 11.4 Å². The molecule has 0 unspecified atom stereocenters. The summed E-state index contributed by atoms with van der Waals surface area (Å²) >= 11 is 7.33. The number of Topliss-reactive ketones (excluding diaryl/α,β-unsaturated/α-hetero) is 1. The molecule has 9 nitrogen and oxygen atoms in total. The lowest BCUT2D eigenvalue weighted by molar-refractivity contribution is -0.180. The highest BCUT2D eigenvalue weighted by molar-refractivity contribution is 7.99. The zero-order chi connectivity index (χ0) is 25.4. The summed E-state index contributed by atoms with van der Waals surface area (Å²) in [5.74, 6) is -2.33. The van der Waals surface area contributed by atoms with Gasteiger partial charge in [-0.1, -0.05) is 55.8 Å². The molecule has 0 amide bonds. The average Bonchev–Trinajstić information content (AvgIpc) is 3.29. The van der Waals surface area contributed by atoms with Crippen LogP contribution < -0.4 is 0 Å². The van der Waals surface area contributed by atoms with Crippen LogP contribution in [0.25, 0.3) is 11.4 Å². The summed E-state index contributed by atoms with van der Waals surface area (Å²) in [6.45, 7) is 6.26. The van der Waals surface area contributed by atoms with Gasteiger partial charge in [-0.05, 0) is 44.2 Å². The number of rotatable bonds is 10. The number of thioether (sulfide) groups is 1. The third-order valence-electron chi connectivity index (χ3n) is 5.62. The molecule has 35 heavy (non-hydrogen) atoms. The van der Waals surface area contributed by atoms with Crippen LogP contribution in [0.5, 0.6) is 0 Å². The zero-order valence-corrected chi connectivity index (χ0v) is 21.6. The number of benzene rings is 1. The molecule has 1 aromatic heterocycles. The molecule has 2 heterocycles. The molecule has 0 radical (unpaired) electrons. The number of aromatic nitrogens is 3. The zero-order valence-electron chi connectivity index (χ0n) is 20.0. The molecule has 1 N–H and O–H groups in total. The van der Waals surface area contributed by atoms with Gasteiger partial charge in [0.05, 0.1) is 17.4 Å². The molecule has 2 aromatic rings. The summed E-state index contributed by atoms with van der Waals surface area (Å²) in [7, 11) is 0. The monoisotopic (exact) mass is 523 g/mol. The van der Waals surface area contributed by atoms with Gasteiger partial charge in [-0.2, -0.15) is 5.10 Å². The van der Waals surface area contributed by atoms with Crippen LogP contribution in [0.1, 0.15) is 46.5 Å². The predicted octanol–water partition coefficient (Wildman–Crippen LogP) is 4.25. The van der Waals surface area contributed by atoms with Gasteiger partial charge in [-0.3, -0.25) is 9.89 Å². The first-order chi connectivity index (χ1) is 16.7. The summed E-state index contributed by atoms with van der Waals surface area (Å²) in [6, 6.07) is 7.18. The molecule has 0 saturated carbocycles. The topological polar surface area (TPSA) is 120 Å². The van der Waals surface area contributed by atoms with Crippen molar-refractivity contribution in [1.29, 1.82) is 0 Å². The van der Waals surface area contributed by atoms with Crippen LogP contribution in [0.4, 0.5) is 0 Å². The van der Waals surface area contributed by atoms with Crippen LogP contribution in [0.15, 0.2) is 29.4 Å². The fourth-order valence-electron chi connectivity index (χ4n) is 3.83. The maximum absolute atomic E-state index is 13.2. The highest BCUT2D eigenvalue weighted by Crippen LogP contribution is 2.31. The van der Waals surface area contributed by atoms with Crippen LogP contribution in [-0.4, -0.2) is 63.6 Å². The normalized spacial score (nSPS) is 23.1. The molecule has 3 atom stereocenters. The van der Waals surface area contributed by atoms with Gasteiger partial charge in [0.2, 0.25) is 0 Å². The van der Waals surface area contributed by atoms with Crippen LogP contribution in [0.3, 0.4) is 0 Å². The quantitative estimate of drug-likeness (QED) is 0.211. The minimum atomic E-state index is -1.48. The SMILES string of the molecule is CCCCOC[C@@H]1C[C@H](C)C[C@@](C)(C(=O)CSc2nc(-c3ccccc3Cl)n[nH]2)OC(=O)C(=O)O1. The molecule has 1 aliphatic heterocycles. The summed E-state index contributed by atoms with van der Waals surface area (Å²) < 4.78 is 16.3. The van der Waals surface area contributed by atoms with Crippen LogP contribution in [0, 0.1) is 5.92 Å². The second-order valence-corrected chi connectivity index (χ2v) is 10.1. The molecular weight excluding hydrogens is 494 g/mol.